The molecule has 3 heterocycles. The number of benzene rings is 1. The van der Waals surface area contributed by atoms with Crippen molar-refractivity contribution >= 4 is 5.96 Å². The van der Waals surface area contributed by atoms with E-state index in [1.807, 2.05) is 18.2 Å². The highest BCUT2D eigenvalue weighted by atomic mass is 16.5. The minimum atomic E-state index is 0.212. The molecule has 2 aliphatic rings. The van der Waals surface area contributed by atoms with Crippen molar-refractivity contribution in [2.75, 3.05) is 32.8 Å². The number of likely N-dealkylation sites (tertiary alicyclic amines) is 1. The highest BCUT2D eigenvalue weighted by Gasteiger charge is 2.24. The van der Waals surface area contributed by atoms with E-state index in [9.17, 15) is 0 Å². The second-order valence-corrected chi connectivity index (χ2v) is 8.55. The number of piperidine rings is 1. The van der Waals surface area contributed by atoms with Crippen LogP contribution in [-0.4, -0.2) is 49.7 Å². The lowest BCUT2D eigenvalue weighted by molar-refractivity contribution is 0.203. The number of fused-ring (bicyclic) bond motifs is 1. The lowest BCUT2D eigenvalue weighted by Crippen LogP contribution is -2.50. The molecule has 168 valence electrons. The first kappa shape index (κ1) is 21.8. The van der Waals surface area contributed by atoms with Gasteiger partial charge in [-0.05, 0) is 44.0 Å². The van der Waals surface area contributed by atoms with Gasteiger partial charge >= 0.3 is 0 Å². The van der Waals surface area contributed by atoms with Crippen LogP contribution in [0.4, 0.5) is 0 Å². The standard InChI is InChI=1S/C25H36N4O2/c1-2-3-15-29-16-11-20(12-17-29)27-25(26-14-10-21-7-6-18-30-21)28-23-13-19-31-24-9-5-4-8-22(23)24/h4-9,18,20,23H,2-3,10-17,19H2,1H3,(H2,26,27,28). The topological polar surface area (TPSA) is 62.0 Å². The van der Waals surface area contributed by atoms with Gasteiger partial charge in [0.05, 0.1) is 18.9 Å². The predicted octanol–water partition coefficient (Wildman–Crippen LogP) is 4.15. The van der Waals surface area contributed by atoms with Crippen molar-refractivity contribution in [3.63, 3.8) is 0 Å². The summed E-state index contributed by atoms with van der Waals surface area (Å²) < 4.78 is 11.3. The first-order valence-corrected chi connectivity index (χ1v) is 11.9. The zero-order valence-electron chi connectivity index (χ0n) is 18.7. The van der Waals surface area contributed by atoms with E-state index in [4.69, 9.17) is 14.1 Å². The summed E-state index contributed by atoms with van der Waals surface area (Å²) in [5.74, 6) is 2.86. The number of para-hydroxylation sites is 1. The maximum atomic E-state index is 5.84. The molecule has 0 amide bonds. The summed E-state index contributed by atoms with van der Waals surface area (Å²) in [4.78, 5) is 7.50. The Hall–Kier alpha value is -2.47. The number of nitrogens with one attached hydrogen (secondary N) is 2. The number of aliphatic imine (C=N–C) groups is 1. The second kappa shape index (κ2) is 11.2. The number of hydrogen-bond donors (Lipinski definition) is 2. The molecular weight excluding hydrogens is 388 g/mol. The molecule has 1 aromatic heterocycles. The highest BCUT2D eigenvalue weighted by Crippen LogP contribution is 2.31. The minimum Gasteiger partial charge on any atom is -0.493 e. The van der Waals surface area contributed by atoms with E-state index in [0.717, 1.165) is 62.8 Å². The number of rotatable bonds is 8. The number of furan rings is 1. The quantitative estimate of drug-likeness (QED) is 0.492. The van der Waals surface area contributed by atoms with Crippen LogP contribution in [0.15, 0.2) is 52.1 Å². The van der Waals surface area contributed by atoms with Gasteiger partial charge in [-0.25, -0.2) is 0 Å². The summed E-state index contributed by atoms with van der Waals surface area (Å²) in [6, 6.07) is 12.9. The largest absolute Gasteiger partial charge is 0.493 e. The van der Waals surface area contributed by atoms with Gasteiger partial charge in [-0.1, -0.05) is 31.5 Å². The molecule has 1 fully saturated rings. The Bertz CT molecular complexity index is 813. The summed E-state index contributed by atoms with van der Waals surface area (Å²) in [7, 11) is 0. The molecule has 1 saturated heterocycles. The van der Waals surface area contributed by atoms with Crippen LogP contribution in [0.3, 0.4) is 0 Å². The van der Waals surface area contributed by atoms with Gasteiger partial charge in [0.1, 0.15) is 11.5 Å². The summed E-state index contributed by atoms with van der Waals surface area (Å²) in [6.07, 6.45) is 8.34. The number of ether oxygens (including phenoxy) is 1. The van der Waals surface area contributed by atoms with Gasteiger partial charge in [-0.2, -0.15) is 0 Å². The Morgan fingerprint density at radius 1 is 1.10 bits per heavy atom. The molecule has 0 aliphatic carbocycles. The Morgan fingerprint density at radius 2 is 1.97 bits per heavy atom. The Labute approximate surface area is 186 Å². The molecule has 4 rings (SSSR count). The van der Waals surface area contributed by atoms with Crippen molar-refractivity contribution in [2.45, 2.75) is 57.5 Å². The number of unbranched alkanes of at least 4 members (excludes halogenated alkanes) is 1. The number of nitrogens with zero attached hydrogens (tertiary/aromatic N) is 2. The third-order valence-electron chi connectivity index (χ3n) is 6.23. The molecular formula is C25H36N4O2. The van der Waals surface area contributed by atoms with E-state index in [2.05, 4.69) is 40.7 Å². The van der Waals surface area contributed by atoms with Gasteiger partial charge in [0.15, 0.2) is 5.96 Å². The van der Waals surface area contributed by atoms with E-state index in [-0.39, 0.29) is 6.04 Å². The normalized spacial score (nSPS) is 20.2. The number of hydrogen-bond acceptors (Lipinski definition) is 4. The van der Waals surface area contributed by atoms with Crippen molar-refractivity contribution in [3.05, 3.63) is 54.0 Å². The zero-order valence-corrected chi connectivity index (χ0v) is 18.7. The molecule has 31 heavy (non-hydrogen) atoms. The lowest BCUT2D eigenvalue weighted by Gasteiger charge is -2.34. The molecule has 0 bridgehead atoms. The summed E-state index contributed by atoms with van der Waals surface area (Å²) in [5, 5.41) is 7.43. The SMILES string of the molecule is CCCCN1CCC(NC(=NCCc2ccco2)NC2CCOc3ccccc32)CC1. The predicted molar refractivity (Wildman–Crippen MR) is 125 cm³/mol. The Balaban J connectivity index is 1.39. The molecule has 2 aliphatic heterocycles. The maximum absolute atomic E-state index is 5.84. The van der Waals surface area contributed by atoms with Crippen LogP contribution in [0.25, 0.3) is 0 Å². The van der Waals surface area contributed by atoms with Gasteiger partial charge < -0.3 is 24.7 Å². The Kier molecular flexibility index (Phi) is 7.88. The summed E-state index contributed by atoms with van der Waals surface area (Å²) >= 11 is 0. The lowest BCUT2D eigenvalue weighted by atomic mass is 10.0. The fourth-order valence-corrected chi connectivity index (χ4v) is 4.40. The van der Waals surface area contributed by atoms with Crippen molar-refractivity contribution in [1.29, 1.82) is 0 Å². The number of guanidine groups is 1. The maximum Gasteiger partial charge on any atom is 0.191 e. The van der Waals surface area contributed by atoms with Crippen molar-refractivity contribution in [1.82, 2.24) is 15.5 Å². The molecule has 2 aromatic rings. The third kappa shape index (κ3) is 6.26. The molecule has 6 heteroatoms. The fraction of sp³-hybridized carbons (Fsp3) is 0.560. The van der Waals surface area contributed by atoms with Crippen LogP contribution < -0.4 is 15.4 Å². The van der Waals surface area contributed by atoms with Gasteiger partial charge in [-0.3, -0.25) is 4.99 Å². The van der Waals surface area contributed by atoms with Crippen LogP contribution >= 0.6 is 0 Å². The monoisotopic (exact) mass is 424 g/mol. The third-order valence-corrected chi connectivity index (χ3v) is 6.23. The van der Waals surface area contributed by atoms with Crippen molar-refractivity contribution in [3.8, 4) is 5.75 Å². The molecule has 6 nitrogen and oxygen atoms in total. The van der Waals surface area contributed by atoms with E-state index < -0.39 is 0 Å². The zero-order chi connectivity index (χ0) is 21.3. The molecule has 2 N–H and O–H groups in total. The average molecular weight is 425 g/mol. The summed E-state index contributed by atoms with van der Waals surface area (Å²) in [6.45, 7) is 7.24. The van der Waals surface area contributed by atoms with Crippen molar-refractivity contribution in [2.24, 2.45) is 4.99 Å². The van der Waals surface area contributed by atoms with Crippen LogP contribution in [0.1, 0.15) is 56.4 Å². The van der Waals surface area contributed by atoms with Crippen LogP contribution in [0.2, 0.25) is 0 Å². The molecule has 1 unspecified atom stereocenters. The smallest absolute Gasteiger partial charge is 0.191 e. The van der Waals surface area contributed by atoms with Crippen molar-refractivity contribution < 1.29 is 9.15 Å². The molecule has 0 spiro atoms. The molecule has 0 radical (unpaired) electrons. The van der Waals surface area contributed by atoms with E-state index in [1.165, 1.54) is 24.9 Å². The molecule has 1 aromatic carbocycles. The average Bonchev–Trinajstić information content (AvgIpc) is 3.32. The first-order chi connectivity index (χ1) is 15.3. The van der Waals surface area contributed by atoms with Gasteiger partial charge in [0, 0.05) is 44.1 Å². The summed E-state index contributed by atoms with van der Waals surface area (Å²) in [5.41, 5.74) is 1.21. The Morgan fingerprint density at radius 3 is 2.77 bits per heavy atom. The molecule has 0 saturated carbocycles. The van der Waals surface area contributed by atoms with Gasteiger partial charge in [0.2, 0.25) is 0 Å². The molecule has 1 atom stereocenters. The van der Waals surface area contributed by atoms with E-state index >= 15 is 0 Å². The minimum absolute atomic E-state index is 0.212. The van der Waals surface area contributed by atoms with Crippen LogP contribution in [0, 0.1) is 0 Å². The van der Waals surface area contributed by atoms with Gasteiger partial charge in [0.25, 0.3) is 0 Å². The second-order valence-electron chi connectivity index (χ2n) is 8.55. The van der Waals surface area contributed by atoms with Crippen LogP contribution in [-0.2, 0) is 6.42 Å². The first-order valence-electron chi connectivity index (χ1n) is 11.9. The van der Waals surface area contributed by atoms with Crippen LogP contribution in [0.5, 0.6) is 5.75 Å². The van der Waals surface area contributed by atoms with E-state index in [1.54, 1.807) is 6.26 Å². The highest BCUT2D eigenvalue weighted by molar-refractivity contribution is 5.80. The van der Waals surface area contributed by atoms with E-state index in [0.29, 0.717) is 12.6 Å². The van der Waals surface area contributed by atoms with Gasteiger partial charge in [-0.15, -0.1) is 0 Å². The fourth-order valence-electron chi connectivity index (χ4n) is 4.40.